The molecule has 3 heteroatoms. The van der Waals surface area contributed by atoms with Gasteiger partial charge in [-0.05, 0) is 25.2 Å². The van der Waals surface area contributed by atoms with Crippen LogP contribution in [0.4, 0.5) is 0 Å². The summed E-state index contributed by atoms with van der Waals surface area (Å²) in [5, 5.41) is 9.37. The smallest absolute Gasteiger partial charge is 0.103 e. The molecule has 2 aliphatic heterocycles. The normalized spacial score (nSPS) is 39.7. The summed E-state index contributed by atoms with van der Waals surface area (Å²) in [6.45, 7) is 2.40. The van der Waals surface area contributed by atoms with E-state index in [-0.39, 0.29) is 0 Å². The summed E-state index contributed by atoms with van der Waals surface area (Å²) in [6, 6.07) is 0.364. The van der Waals surface area contributed by atoms with E-state index >= 15 is 0 Å². The molecule has 84 valence electrons. The lowest BCUT2D eigenvalue weighted by atomic mass is 9.81. The molecule has 0 unspecified atom stereocenters. The highest BCUT2D eigenvalue weighted by molar-refractivity contribution is 5.88. The van der Waals surface area contributed by atoms with Gasteiger partial charge in [-0.1, -0.05) is 12.8 Å². The fraction of sp³-hybridized carbons (Fsp3) is 0.917. The van der Waals surface area contributed by atoms with Gasteiger partial charge in [0.05, 0.1) is 12.6 Å². The van der Waals surface area contributed by atoms with E-state index in [0.717, 1.165) is 31.3 Å². The summed E-state index contributed by atoms with van der Waals surface area (Å²) in [4.78, 5) is 7.11. The zero-order valence-electron chi connectivity index (χ0n) is 9.23. The van der Waals surface area contributed by atoms with Gasteiger partial charge in [-0.2, -0.15) is 0 Å². The van der Waals surface area contributed by atoms with Gasteiger partial charge >= 0.3 is 0 Å². The van der Waals surface area contributed by atoms with Crippen molar-refractivity contribution in [1.29, 1.82) is 0 Å². The van der Waals surface area contributed by atoms with E-state index in [0.29, 0.717) is 12.6 Å². The number of hydrogen-bond donors (Lipinski definition) is 1. The van der Waals surface area contributed by atoms with Crippen molar-refractivity contribution in [2.75, 3.05) is 19.7 Å². The van der Waals surface area contributed by atoms with E-state index in [1.807, 2.05) is 0 Å². The summed E-state index contributed by atoms with van der Waals surface area (Å²) in [7, 11) is 0. The Morgan fingerprint density at radius 3 is 3.00 bits per heavy atom. The van der Waals surface area contributed by atoms with E-state index < -0.39 is 0 Å². The lowest BCUT2D eigenvalue weighted by Crippen LogP contribution is -2.43. The minimum Gasteiger partial charge on any atom is -0.394 e. The summed E-state index contributed by atoms with van der Waals surface area (Å²) >= 11 is 0. The van der Waals surface area contributed by atoms with Crippen molar-refractivity contribution in [3.63, 3.8) is 0 Å². The molecule has 0 aromatic carbocycles. The molecule has 3 aliphatic rings. The molecule has 3 nitrogen and oxygen atoms in total. The molecule has 0 bridgehead atoms. The third-order valence-corrected chi connectivity index (χ3v) is 4.35. The van der Waals surface area contributed by atoms with Gasteiger partial charge in [0.15, 0.2) is 0 Å². The first kappa shape index (κ1) is 9.64. The van der Waals surface area contributed by atoms with Crippen LogP contribution in [0.15, 0.2) is 4.99 Å². The average molecular weight is 208 g/mol. The molecule has 1 saturated heterocycles. The van der Waals surface area contributed by atoms with E-state index in [2.05, 4.69) is 4.90 Å². The molecule has 1 aliphatic carbocycles. The first-order valence-electron chi connectivity index (χ1n) is 6.32. The van der Waals surface area contributed by atoms with E-state index in [1.54, 1.807) is 0 Å². The number of amidine groups is 1. The monoisotopic (exact) mass is 208 g/mol. The second-order valence-corrected chi connectivity index (χ2v) is 5.17. The molecule has 0 spiro atoms. The van der Waals surface area contributed by atoms with Gasteiger partial charge < -0.3 is 10.0 Å². The molecule has 0 radical (unpaired) electrons. The van der Waals surface area contributed by atoms with Crippen molar-refractivity contribution in [2.24, 2.45) is 16.8 Å². The maximum atomic E-state index is 9.37. The lowest BCUT2D eigenvalue weighted by molar-refractivity contribution is 0.166. The molecule has 3 rings (SSSR count). The standard InChI is InChI=1S/C12H20N2O/c15-8-10-5-6-13-12-11-4-2-1-3-9(11)7-14(10)12/h9-11,15H,1-8H2/t9-,10+,11-/m0/s1. The second-order valence-electron chi connectivity index (χ2n) is 5.17. The van der Waals surface area contributed by atoms with Crippen LogP contribution >= 0.6 is 0 Å². The number of aliphatic imine (C=N–C) groups is 1. The molecule has 0 amide bonds. The average Bonchev–Trinajstić information content (AvgIpc) is 2.67. The number of fused-ring (bicyclic) bond motifs is 3. The van der Waals surface area contributed by atoms with Gasteiger partial charge in [0.2, 0.25) is 0 Å². The van der Waals surface area contributed by atoms with E-state index in [9.17, 15) is 5.11 Å². The number of aliphatic hydroxyl groups is 1. The molecule has 0 aromatic heterocycles. The van der Waals surface area contributed by atoms with Crippen molar-refractivity contribution in [3.05, 3.63) is 0 Å². The highest BCUT2D eigenvalue weighted by atomic mass is 16.3. The van der Waals surface area contributed by atoms with E-state index in [4.69, 9.17) is 4.99 Å². The zero-order chi connectivity index (χ0) is 10.3. The Labute approximate surface area is 91.2 Å². The fourth-order valence-electron chi connectivity index (χ4n) is 3.54. The van der Waals surface area contributed by atoms with Gasteiger partial charge in [-0.25, -0.2) is 0 Å². The summed E-state index contributed by atoms with van der Waals surface area (Å²) in [6.07, 6.45) is 6.51. The predicted molar refractivity (Wildman–Crippen MR) is 59.9 cm³/mol. The molecule has 0 aromatic rings. The molecular formula is C12H20N2O. The zero-order valence-corrected chi connectivity index (χ0v) is 9.23. The van der Waals surface area contributed by atoms with Gasteiger partial charge in [0, 0.05) is 19.0 Å². The topological polar surface area (TPSA) is 35.8 Å². The first-order valence-corrected chi connectivity index (χ1v) is 6.32. The van der Waals surface area contributed by atoms with E-state index in [1.165, 1.54) is 31.5 Å². The van der Waals surface area contributed by atoms with Crippen LogP contribution in [0.1, 0.15) is 32.1 Å². The third-order valence-electron chi connectivity index (χ3n) is 4.35. The SMILES string of the molecule is OC[C@H]1CCN=C2[C@H]3CCCC[C@H]3CN21. The van der Waals surface area contributed by atoms with Gasteiger partial charge in [0.25, 0.3) is 0 Å². The van der Waals surface area contributed by atoms with Gasteiger partial charge in [-0.15, -0.1) is 0 Å². The van der Waals surface area contributed by atoms with Crippen LogP contribution in [0, 0.1) is 11.8 Å². The molecular weight excluding hydrogens is 188 g/mol. The van der Waals surface area contributed by atoms with Crippen LogP contribution in [0.5, 0.6) is 0 Å². The minimum absolute atomic E-state index is 0.304. The molecule has 15 heavy (non-hydrogen) atoms. The Morgan fingerprint density at radius 2 is 2.13 bits per heavy atom. The lowest BCUT2D eigenvalue weighted by Gasteiger charge is -2.32. The molecule has 2 fully saturated rings. The Balaban J connectivity index is 1.84. The number of aliphatic hydroxyl groups excluding tert-OH is 1. The van der Waals surface area contributed by atoms with Gasteiger partial charge in [-0.3, -0.25) is 4.99 Å². The van der Waals surface area contributed by atoms with Crippen LogP contribution in [0.25, 0.3) is 0 Å². The molecule has 3 atom stereocenters. The fourth-order valence-corrected chi connectivity index (χ4v) is 3.54. The second kappa shape index (κ2) is 3.78. The van der Waals surface area contributed by atoms with Crippen LogP contribution in [-0.2, 0) is 0 Å². The number of rotatable bonds is 1. The van der Waals surface area contributed by atoms with Crippen LogP contribution < -0.4 is 0 Å². The highest BCUT2D eigenvalue weighted by Crippen LogP contribution is 2.39. The molecule has 2 heterocycles. The summed E-state index contributed by atoms with van der Waals surface area (Å²) in [5.41, 5.74) is 0. The van der Waals surface area contributed by atoms with Gasteiger partial charge in [0.1, 0.15) is 5.84 Å². The summed E-state index contributed by atoms with van der Waals surface area (Å²) < 4.78 is 0. The maximum Gasteiger partial charge on any atom is 0.103 e. The van der Waals surface area contributed by atoms with Crippen LogP contribution in [0.2, 0.25) is 0 Å². The van der Waals surface area contributed by atoms with Crippen LogP contribution in [-0.4, -0.2) is 41.6 Å². The third kappa shape index (κ3) is 1.48. The highest BCUT2D eigenvalue weighted by Gasteiger charge is 2.42. The first-order chi connectivity index (χ1) is 7.40. The number of nitrogens with zero attached hydrogens (tertiary/aromatic N) is 2. The minimum atomic E-state index is 0.304. The van der Waals surface area contributed by atoms with Crippen molar-refractivity contribution >= 4 is 5.84 Å². The Kier molecular flexibility index (Phi) is 2.43. The van der Waals surface area contributed by atoms with Crippen molar-refractivity contribution in [1.82, 2.24) is 4.90 Å². The quantitative estimate of drug-likeness (QED) is 0.704. The Morgan fingerprint density at radius 1 is 1.27 bits per heavy atom. The Bertz CT molecular complexity index is 277. The molecule has 1 saturated carbocycles. The van der Waals surface area contributed by atoms with Crippen LogP contribution in [0.3, 0.4) is 0 Å². The summed E-state index contributed by atoms with van der Waals surface area (Å²) in [5.74, 6) is 2.91. The van der Waals surface area contributed by atoms with Crippen molar-refractivity contribution < 1.29 is 5.11 Å². The Hall–Kier alpha value is -0.570. The van der Waals surface area contributed by atoms with Crippen molar-refractivity contribution in [2.45, 2.75) is 38.1 Å². The van der Waals surface area contributed by atoms with Crippen molar-refractivity contribution in [3.8, 4) is 0 Å². The largest absolute Gasteiger partial charge is 0.394 e. The number of hydrogen-bond acceptors (Lipinski definition) is 3. The predicted octanol–water partition coefficient (Wildman–Crippen LogP) is 1.27. The maximum absolute atomic E-state index is 9.37. The molecule has 1 N–H and O–H groups in total.